The fraction of sp³-hybridized carbons (Fsp3) is 0.750. The van der Waals surface area contributed by atoms with Gasteiger partial charge in [0.15, 0.2) is 5.41 Å². The molecular weight excluding hydrogens is 293 g/mol. The predicted octanol–water partition coefficient (Wildman–Crippen LogP) is 0.330. The van der Waals surface area contributed by atoms with Gasteiger partial charge in [0, 0.05) is 33.1 Å². The molecule has 0 bridgehead atoms. The molecule has 0 spiro atoms. The van der Waals surface area contributed by atoms with Gasteiger partial charge in [0.05, 0.1) is 5.92 Å². The Bertz CT molecular complexity index is 493. The maximum absolute atomic E-state index is 13.0. The normalized spacial score (nSPS) is 30.1. The van der Waals surface area contributed by atoms with Crippen LogP contribution in [0.25, 0.3) is 0 Å². The van der Waals surface area contributed by atoms with E-state index >= 15 is 0 Å². The molecule has 2 rings (SSSR count). The Kier molecular flexibility index (Phi) is 3.63. The summed E-state index contributed by atoms with van der Waals surface area (Å²) in [5, 5.41) is 8.93. The number of hydrogen-bond acceptors (Lipinski definition) is 3. The van der Waals surface area contributed by atoms with Gasteiger partial charge in [0.2, 0.25) is 11.8 Å². The van der Waals surface area contributed by atoms with Gasteiger partial charge in [0.1, 0.15) is 0 Å². The second-order valence-corrected chi connectivity index (χ2v) is 5.57. The molecule has 21 heavy (non-hydrogen) atoms. The molecule has 2 heterocycles. The lowest BCUT2D eigenvalue weighted by molar-refractivity contribution is -0.227. The summed E-state index contributed by atoms with van der Waals surface area (Å²) in [6.45, 7) is -1.00. The molecule has 118 valence electrons. The molecule has 2 aliphatic heterocycles. The number of aliphatic carboxylic acids is 1. The molecule has 0 radical (unpaired) electrons. The van der Waals surface area contributed by atoms with Gasteiger partial charge < -0.3 is 14.9 Å². The summed E-state index contributed by atoms with van der Waals surface area (Å²) < 4.78 is 39.1. The second-order valence-electron chi connectivity index (χ2n) is 5.57. The Morgan fingerprint density at radius 3 is 2.38 bits per heavy atom. The van der Waals surface area contributed by atoms with Crippen LogP contribution >= 0.6 is 0 Å². The molecule has 0 saturated carbocycles. The van der Waals surface area contributed by atoms with E-state index < -0.39 is 42.4 Å². The minimum Gasteiger partial charge on any atom is -0.481 e. The van der Waals surface area contributed by atoms with Crippen LogP contribution in [0.15, 0.2) is 0 Å². The van der Waals surface area contributed by atoms with E-state index in [1.807, 2.05) is 0 Å². The van der Waals surface area contributed by atoms with Crippen molar-refractivity contribution in [3.63, 3.8) is 0 Å². The second kappa shape index (κ2) is 4.88. The van der Waals surface area contributed by atoms with E-state index in [1.54, 1.807) is 0 Å². The van der Waals surface area contributed by atoms with Crippen LogP contribution in [0.4, 0.5) is 13.2 Å². The molecule has 9 heteroatoms. The molecule has 2 atom stereocenters. The third-order valence-corrected chi connectivity index (χ3v) is 4.22. The highest BCUT2D eigenvalue weighted by molar-refractivity contribution is 5.90. The summed E-state index contributed by atoms with van der Waals surface area (Å²) in [4.78, 5) is 36.8. The first-order chi connectivity index (χ1) is 9.58. The number of carbonyl (C=O) groups excluding carboxylic acids is 2. The van der Waals surface area contributed by atoms with Crippen molar-refractivity contribution < 1.29 is 32.7 Å². The predicted molar refractivity (Wildman–Crippen MR) is 63.1 cm³/mol. The standard InChI is InChI=1S/C12H15F3N2O4/c1-16-5-7(4-8(16)18)9(19)17-3-2-11(6-17,10(20)21)12(13,14)15/h7H,2-6H2,1H3,(H,20,21). The lowest BCUT2D eigenvalue weighted by Gasteiger charge is -2.27. The van der Waals surface area contributed by atoms with Crippen molar-refractivity contribution >= 4 is 17.8 Å². The Morgan fingerprint density at radius 1 is 1.38 bits per heavy atom. The Labute approximate surface area is 118 Å². The van der Waals surface area contributed by atoms with Gasteiger partial charge in [-0.05, 0) is 6.42 Å². The van der Waals surface area contributed by atoms with Gasteiger partial charge in [0.25, 0.3) is 0 Å². The Balaban J connectivity index is 2.13. The van der Waals surface area contributed by atoms with Crippen molar-refractivity contribution in [3.05, 3.63) is 0 Å². The monoisotopic (exact) mass is 308 g/mol. The van der Waals surface area contributed by atoms with Crippen LogP contribution in [-0.2, 0) is 14.4 Å². The average molecular weight is 308 g/mol. The van der Waals surface area contributed by atoms with Crippen molar-refractivity contribution in [2.45, 2.75) is 19.0 Å². The smallest absolute Gasteiger partial charge is 0.406 e. The molecule has 2 amide bonds. The van der Waals surface area contributed by atoms with E-state index in [2.05, 4.69) is 0 Å². The zero-order chi connectivity index (χ0) is 16.0. The maximum atomic E-state index is 13.0. The van der Waals surface area contributed by atoms with Crippen molar-refractivity contribution in [2.24, 2.45) is 11.3 Å². The molecule has 0 aromatic heterocycles. The van der Waals surface area contributed by atoms with Crippen molar-refractivity contribution in [1.29, 1.82) is 0 Å². The van der Waals surface area contributed by atoms with Crippen LogP contribution in [0.1, 0.15) is 12.8 Å². The van der Waals surface area contributed by atoms with Crippen molar-refractivity contribution in [2.75, 3.05) is 26.7 Å². The SMILES string of the molecule is CN1CC(C(=O)N2CCC(C(=O)O)(C(F)(F)F)C2)CC1=O. The van der Waals surface area contributed by atoms with E-state index in [0.29, 0.717) is 0 Å². The van der Waals surface area contributed by atoms with Gasteiger partial charge in [-0.15, -0.1) is 0 Å². The molecule has 1 N–H and O–H groups in total. The molecule has 0 aromatic rings. The van der Waals surface area contributed by atoms with Crippen LogP contribution in [0, 0.1) is 11.3 Å². The Hall–Kier alpha value is -1.80. The quantitative estimate of drug-likeness (QED) is 0.797. The zero-order valence-electron chi connectivity index (χ0n) is 11.3. The molecule has 2 saturated heterocycles. The van der Waals surface area contributed by atoms with Crippen LogP contribution < -0.4 is 0 Å². The van der Waals surface area contributed by atoms with E-state index in [4.69, 9.17) is 5.11 Å². The Morgan fingerprint density at radius 2 is 2.00 bits per heavy atom. The van der Waals surface area contributed by atoms with E-state index in [9.17, 15) is 27.6 Å². The number of hydrogen-bond donors (Lipinski definition) is 1. The summed E-state index contributed by atoms with van der Waals surface area (Å²) >= 11 is 0. The highest BCUT2D eigenvalue weighted by atomic mass is 19.4. The maximum Gasteiger partial charge on any atom is 0.406 e. The average Bonchev–Trinajstić information content (AvgIpc) is 2.94. The fourth-order valence-corrected chi connectivity index (χ4v) is 2.81. The van der Waals surface area contributed by atoms with E-state index in [-0.39, 0.29) is 25.4 Å². The number of alkyl halides is 3. The highest BCUT2D eigenvalue weighted by Crippen LogP contribution is 2.46. The molecule has 0 aliphatic carbocycles. The van der Waals surface area contributed by atoms with E-state index in [1.165, 1.54) is 11.9 Å². The third-order valence-electron chi connectivity index (χ3n) is 4.22. The number of likely N-dealkylation sites (tertiary alicyclic amines) is 2. The van der Waals surface area contributed by atoms with Crippen molar-refractivity contribution in [3.8, 4) is 0 Å². The summed E-state index contributed by atoms with van der Waals surface area (Å²) in [6, 6.07) is 0. The minimum absolute atomic E-state index is 0.0437. The third kappa shape index (κ3) is 2.44. The molecule has 2 fully saturated rings. The number of amides is 2. The van der Waals surface area contributed by atoms with Crippen LogP contribution in [0.3, 0.4) is 0 Å². The van der Waals surface area contributed by atoms with Gasteiger partial charge in [-0.2, -0.15) is 13.2 Å². The number of carboxylic acids is 1. The van der Waals surface area contributed by atoms with Gasteiger partial charge >= 0.3 is 12.1 Å². The summed E-state index contributed by atoms with van der Waals surface area (Å²) in [6.07, 6.45) is -5.62. The number of rotatable bonds is 2. The molecule has 2 aliphatic rings. The lowest BCUT2D eigenvalue weighted by atomic mass is 9.86. The lowest BCUT2D eigenvalue weighted by Crippen LogP contribution is -2.48. The first kappa shape index (κ1) is 15.6. The molecular formula is C12H15F3N2O4. The van der Waals surface area contributed by atoms with Crippen molar-refractivity contribution in [1.82, 2.24) is 9.80 Å². The summed E-state index contributed by atoms with van der Waals surface area (Å²) in [7, 11) is 1.51. The number of carboxylic acid groups (broad SMARTS) is 1. The summed E-state index contributed by atoms with van der Waals surface area (Å²) in [5.74, 6) is -3.49. The molecule has 0 aromatic carbocycles. The first-order valence-corrected chi connectivity index (χ1v) is 6.41. The molecule has 6 nitrogen and oxygen atoms in total. The number of nitrogens with zero attached hydrogens (tertiary/aromatic N) is 2. The van der Waals surface area contributed by atoms with Crippen LogP contribution in [0.5, 0.6) is 0 Å². The van der Waals surface area contributed by atoms with Gasteiger partial charge in [-0.25, -0.2) is 0 Å². The largest absolute Gasteiger partial charge is 0.481 e. The molecule has 2 unspecified atom stereocenters. The topological polar surface area (TPSA) is 77.9 Å². The highest BCUT2D eigenvalue weighted by Gasteiger charge is 2.64. The zero-order valence-corrected chi connectivity index (χ0v) is 11.3. The van der Waals surface area contributed by atoms with Crippen LogP contribution in [0.2, 0.25) is 0 Å². The number of halogens is 3. The van der Waals surface area contributed by atoms with Gasteiger partial charge in [-0.1, -0.05) is 0 Å². The fourth-order valence-electron chi connectivity index (χ4n) is 2.81. The van der Waals surface area contributed by atoms with E-state index in [0.717, 1.165) is 4.90 Å². The van der Waals surface area contributed by atoms with Gasteiger partial charge in [-0.3, -0.25) is 14.4 Å². The summed E-state index contributed by atoms with van der Waals surface area (Å²) in [5.41, 5.74) is -2.91. The first-order valence-electron chi connectivity index (χ1n) is 6.41. The van der Waals surface area contributed by atoms with Crippen LogP contribution in [-0.4, -0.2) is 65.5 Å². The number of carbonyl (C=O) groups is 3. The minimum atomic E-state index is -4.92.